The quantitative estimate of drug-likeness (QED) is 0.764. The first kappa shape index (κ1) is 9.46. The maximum absolute atomic E-state index is 9.25. The van der Waals surface area contributed by atoms with Crippen molar-refractivity contribution < 1.29 is 5.11 Å². The smallest absolute Gasteiger partial charge is 0.128 e. The lowest BCUT2D eigenvalue weighted by Crippen LogP contribution is -2.42. The predicted octanol–water partition coefficient (Wildman–Crippen LogP) is 1.23. The van der Waals surface area contributed by atoms with Gasteiger partial charge in [0.05, 0.1) is 12.6 Å². The van der Waals surface area contributed by atoms with E-state index in [1.165, 1.54) is 12.8 Å². The highest BCUT2D eigenvalue weighted by Crippen LogP contribution is 2.21. The van der Waals surface area contributed by atoms with Crippen LogP contribution in [0.25, 0.3) is 0 Å². The summed E-state index contributed by atoms with van der Waals surface area (Å²) in [5.74, 6) is 0.961. The van der Waals surface area contributed by atoms with E-state index in [0.717, 1.165) is 18.8 Å². The van der Waals surface area contributed by atoms with Crippen molar-refractivity contribution in [3.05, 3.63) is 24.4 Å². The monoisotopic (exact) mass is 191 g/mol. The number of hydrogen-bond donors (Lipinski definition) is 1. The molecule has 1 saturated heterocycles. The third kappa shape index (κ3) is 1.87. The number of rotatable bonds is 2. The molecule has 1 fully saturated rings. The molecule has 2 rings (SSSR count). The molecule has 0 saturated carbocycles. The van der Waals surface area contributed by atoms with Gasteiger partial charge in [0.1, 0.15) is 5.82 Å². The van der Waals surface area contributed by atoms with Gasteiger partial charge < -0.3 is 10.0 Å². The van der Waals surface area contributed by atoms with Crippen LogP contribution in [0.2, 0.25) is 0 Å². The Hall–Kier alpha value is -1.09. The summed E-state index contributed by atoms with van der Waals surface area (Å²) >= 11 is 0. The topological polar surface area (TPSA) is 36.4 Å². The average Bonchev–Trinajstić information content (AvgIpc) is 2.30. The van der Waals surface area contributed by atoms with E-state index in [-0.39, 0.29) is 12.6 Å². The van der Waals surface area contributed by atoms with Crippen LogP contribution in [0.15, 0.2) is 18.3 Å². The highest BCUT2D eigenvalue weighted by atomic mass is 16.3. The lowest BCUT2D eigenvalue weighted by Gasteiger charge is -2.35. The highest BCUT2D eigenvalue weighted by molar-refractivity contribution is 5.39. The van der Waals surface area contributed by atoms with Gasteiger partial charge in [-0.15, -0.1) is 0 Å². The number of aliphatic hydroxyl groups excluding tert-OH is 1. The van der Waals surface area contributed by atoms with Gasteiger partial charge in [-0.05, 0) is 31.4 Å². The summed E-state index contributed by atoms with van der Waals surface area (Å²) < 4.78 is 0. The number of pyridine rings is 1. The van der Waals surface area contributed by atoms with Crippen LogP contribution in [0, 0.1) is 6.07 Å². The summed E-state index contributed by atoms with van der Waals surface area (Å²) in [5, 5.41) is 9.25. The predicted molar refractivity (Wildman–Crippen MR) is 55.1 cm³/mol. The molecule has 0 bridgehead atoms. The van der Waals surface area contributed by atoms with E-state index in [4.69, 9.17) is 0 Å². The standard InChI is InChI=1S/C11H15N2O/c14-9-10-5-2-4-8-13(10)11-6-1-3-7-12-11/h1,6-7,10,14H,2,4-5,8-9H2. The second-order valence-corrected chi connectivity index (χ2v) is 3.64. The van der Waals surface area contributed by atoms with Gasteiger partial charge in [0.15, 0.2) is 0 Å². The first-order chi connectivity index (χ1) is 6.92. The van der Waals surface area contributed by atoms with E-state index < -0.39 is 0 Å². The first-order valence-electron chi connectivity index (χ1n) is 5.11. The Labute approximate surface area is 84.4 Å². The molecule has 1 aliphatic heterocycles. The van der Waals surface area contributed by atoms with Crippen molar-refractivity contribution in [3.8, 4) is 0 Å². The maximum atomic E-state index is 9.25. The van der Waals surface area contributed by atoms with Gasteiger partial charge in [-0.3, -0.25) is 0 Å². The molecule has 14 heavy (non-hydrogen) atoms. The number of aliphatic hydroxyl groups is 1. The summed E-state index contributed by atoms with van der Waals surface area (Å²) in [6.07, 6.45) is 5.15. The zero-order valence-electron chi connectivity index (χ0n) is 8.19. The van der Waals surface area contributed by atoms with E-state index in [1.54, 1.807) is 6.20 Å². The van der Waals surface area contributed by atoms with E-state index in [2.05, 4.69) is 16.0 Å². The molecule has 1 atom stereocenters. The normalized spacial score (nSPS) is 22.4. The molecule has 0 spiro atoms. The fraction of sp³-hybridized carbons (Fsp3) is 0.545. The maximum Gasteiger partial charge on any atom is 0.128 e. The van der Waals surface area contributed by atoms with E-state index >= 15 is 0 Å². The number of aromatic nitrogens is 1. The van der Waals surface area contributed by atoms with Crippen molar-refractivity contribution in [1.29, 1.82) is 0 Å². The van der Waals surface area contributed by atoms with Crippen LogP contribution in [0.1, 0.15) is 19.3 Å². The van der Waals surface area contributed by atoms with Gasteiger partial charge >= 0.3 is 0 Å². The minimum Gasteiger partial charge on any atom is -0.394 e. The molecule has 3 nitrogen and oxygen atoms in total. The average molecular weight is 191 g/mol. The largest absolute Gasteiger partial charge is 0.394 e. The summed E-state index contributed by atoms with van der Waals surface area (Å²) in [6, 6.07) is 6.97. The molecule has 1 aliphatic rings. The van der Waals surface area contributed by atoms with Crippen molar-refractivity contribution in [2.75, 3.05) is 18.1 Å². The molecular weight excluding hydrogens is 176 g/mol. The second-order valence-electron chi connectivity index (χ2n) is 3.64. The van der Waals surface area contributed by atoms with E-state index in [9.17, 15) is 5.11 Å². The third-order valence-corrected chi connectivity index (χ3v) is 2.73. The molecule has 1 unspecified atom stereocenters. The number of piperidine rings is 1. The Morgan fingerprint density at radius 3 is 3.21 bits per heavy atom. The Morgan fingerprint density at radius 2 is 2.50 bits per heavy atom. The number of anilines is 1. The van der Waals surface area contributed by atoms with Crippen LogP contribution in [0.4, 0.5) is 5.82 Å². The fourth-order valence-corrected chi connectivity index (χ4v) is 1.97. The van der Waals surface area contributed by atoms with E-state index in [1.807, 2.05) is 12.1 Å². The molecule has 0 aliphatic carbocycles. The fourth-order valence-electron chi connectivity index (χ4n) is 1.97. The lowest BCUT2D eigenvalue weighted by atomic mass is 10.0. The molecule has 1 aromatic rings. The molecule has 3 heteroatoms. The molecule has 1 radical (unpaired) electrons. The zero-order chi connectivity index (χ0) is 9.80. The van der Waals surface area contributed by atoms with Gasteiger partial charge in [0.25, 0.3) is 0 Å². The molecule has 1 N–H and O–H groups in total. The molecule has 0 aromatic carbocycles. The van der Waals surface area contributed by atoms with Crippen molar-refractivity contribution in [3.63, 3.8) is 0 Å². The molecule has 2 heterocycles. The lowest BCUT2D eigenvalue weighted by molar-refractivity contribution is 0.239. The van der Waals surface area contributed by atoms with Crippen LogP contribution >= 0.6 is 0 Å². The van der Waals surface area contributed by atoms with Gasteiger partial charge in [0.2, 0.25) is 0 Å². The van der Waals surface area contributed by atoms with Gasteiger partial charge in [-0.2, -0.15) is 0 Å². The summed E-state index contributed by atoms with van der Waals surface area (Å²) in [6.45, 7) is 1.22. The van der Waals surface area contributed by atoms with Crippen molar-refractivity contribution in [1.82, 2.24) is 4.98 Å². The molecule has 1 aromatic heterocycles. The Morgan fingerprint density at radius 1 is 1.57 bits per heavy atom. The first-order valence-corrected chi connectivity index (χ1v) is 5.11. The van der Waals surface area contributed by atoms with Gasteiger partial charge in [-0.1, -0.05) is 0 Å². The number of hydrogen-bond acceptors (Lipinski definition) is 3. The van der Waals surface area contributed by atoms with Gasteiger partial charge in [0, 0.05) is 18.8 Å². The molecular formula is C11H15N2O. The van der Waals surface area contributed by atoms with Crippen LogP contribution in [-0.2, 0) is 0 Å². The van der Waals surface area contributed by atoms with Gasteiger partial charge in [-0.25, -0.2) is 4.98 Å². The summed E-state index contributed by atoms with van der Waals surface area (Å²) in [5.41, 5.74) is 0. The molecule has 75 valence electrons. The SMILES string of the molecule is OCC1CCCCN1c1cc[c]cn1. The third-order valence-electron chi connectivity index (χ3n) is 2.73. The van der Waals surface area contributed by atoms with Crippen LogP contribution in [-0.4, -0.2) is 29.3 Å². The van der Waals surface area contributed by atoms with Crippen LogP contribution in [0.5, 0.6) is 0 Å². The number of nitrogens with zero attached hydrogens (tertiary/aromatic N) is 2. The Bertz CT molecular complexity index is 276. The van der Waals surface area contributed by atoms with Crippen LogP contribution in [0.3, 0.4) is 0 Å². The highest BCUT2D eigenvalue weighted by Gasteiger charge is 2.22. The van der Waals surface area contributed by atoms with E-state index in [0.29, 0.717) is 0 Å². The zero-order valence-corrected chi connectivity index (χ0v) is 8.19. The Balaban J connectivity index is 2.15. The van der Waals surface area contributed by atoms with Crippen LogP contribution < -0.4 is 4.90 Å². The Kier molecular flexibility index (Phi) is 2.99. The van der Waals surface area contributed by atoms with Crippen molar-refractivity contribution >= 4 is 5.82 Å². The second kappa shape index (κ2) is 4.42. The van der Waals surface area contributed by atoms with Crippen molar-refractivity contribution in [2.24, 2.45) is 0 Å². The van der Waals surface area contributed by atoms with Crippen molar-refractivity contribution in [2.45, 2.75) is 25.3 Å². The minimum absolute atomic E-state index is 0.223. The molecule has 0 amide bonds. The summed E-state index contributed by atoms with van der Waals surface area (Å²) in [7, 11) is 0. The minimum atomic E-state index is 0.223. The summed E-state index contributed by atoms with van der Waals surface area (Å²) in [4.78, 5) is 6.45.